The van der Waals surface area contributed by atoms with Crippen molar-refractivity contribution in [2.24, 2.45) is 0 Å². The van der Waals surface area contributed by atoms with Gasteiger partial charge in [0.25, 0.3) is 11.6 Å². The number of anilines is 2. The number of hydrogen-bond acceptors (Lipinski definition) is 5. The molecule has 0 saturated carbocycles. The Morgan fingerprint density at radius 3 is 2.04 bits per heavy atom. The van der Waals surface area contributed by atoms with Gasteiger partial charge in [0.1, 0.15) is 37.3 Å². The first kappa shape index (κ1) is 18.1. The summed E-state index contributed by atoms with van der Waals surface area (Å²) in [4.78, 5) is 11.3. The summed E-state index contributed by atoms with van der Waals surface area (Å²) in [5.41, 5.74) is 0. The molecule has 0 radical (unpaired) electrons. The van der Waals surface area contributed by atoms with Crippen LogP contribution in [0.1, 0.15) is 0 Å². The molecule has 0 aromatic carbocycles. The first-order valence-corrected chi connectivity index (χ1v) is 10.6. The first-order chi connectivity index (χ1) is 13.1. The predicted octanol–water partition coefficient (Wildman–Crippen LogP) is -0.338. The molecule has 2 fully saturated rings. The van der Waals surface area contributed by atoms with Crippen molar-refractivity contribution in [3.8, 4) is 0 Å². The highest BCUT2D eigenvalue weighted by Crippen LogP contribution is 2.18. The lowest BCUT2D eigenvalue weighted by molar-refractivity contribution is -0.368. The van der Waals surface area contributed by atoms with Crippen molar-refractivity contribution in [2.75, 3.05) is 62.3 Å². The van der Waals surface area contributed by atoms with Gasteiger partial charge in [-0.05, 0) is 12.1 Å². The van der Waals surface area contributed by atoms with Gasteiger partial charge < -0.3 is 4.74 Å². The standard InChI is InChI=1S/C18H23N5O3S/c24-27(25,23-11-13-26-14-12-23)16-4-5-18(20-15-16)22-9-7-21(8-10-22)17-3-1-2-6-19-17/h1-6,15H,7-14H2/p+2. The summed E-state index contributed by atoms with van der Waals surface area (Å²) in [5.74, 6) is 2.06. The van der Waals surface area contributed by atoms with Gasteiger partial charge in [0.2, 0.25) is 10.0 Å². The van der Waals surface area contributed by atoms with E-state index in [2.05, 4.69) is 25.8 Å². The van der Waals surface area contributed by atoms with Gasteiger partial charge in [0, 0.05) is 25.2 Å². The molecule has 9 heteroatoms. The Morgan fingerprint density at radius 1 is 0.815 bits per heavy atom. The number of nitrogens with zero attached hydrogens (tertiary/aromatic N) is 3. The van der Waals surface area contributed by atoms with Crippen molar-refractivity contribution >= 4 is 21.7 Å². The van der Waals surface area contributed by atoms with Crippen molar-refractivity contribution in [2.45, 2.75) is 4.90 Å². The number of hydrogen-bond donors (Lipinski definition) is 0. The largest absolute Gasteiger partial charge is 0.379 e. The van der Waals surface area contributed by atoms with E-state index < -0.39 is 10.0 Å². The SMILES string of the molecule is O=S(=O)(c1ccc(N2CCN(c3cccc[nH+]3)CC2)[nH+]c1)N1CCOCC1. The second-order valence-corrected chi connectivity index (χ2v) is 8.59. The third-order valence-corrected chi connectivity index (χ3v) is 6.92. The fourth-order valence-electron chi connectivity index (χ4n) is 3.46. The van der Waals surface area contributed by atoms with Crippen molar-refractivity contribution < 1.29 is 23.1 Å². The van der Waals surface area contributed by atoms with Crippen molar-refractivity contribution in [3.63, 3.8) is 0 Å². The van der Waals surface area contributed by atoms with E-state index >= 15 is 0 Å². The molecule has 0 atom stereocenters. The number of rotatable bonds is 4. The van der Waals surface area contributed by atoms with Crippen LogP contribution in [0.5, 0.6) is 0 Å². The van der Waals surface area contributed by atoms with Crippen LogP contribution in [0.3, 0.4) is 0 Å². The lowest BCUT2D eigenvalue weighted by atomic mass is 10.3. The normalized spacial score (nSPS) is 19.3. The zero-order valence-corrected chi connectivity index (χ0v) is 16.0. The molecule has 2 aromatic rings. The highest BCUT2D eigenvalue weighted by molar-refractivity contribution is 7.89. The lowest BCUT2D eigenvalue weighted by Crippen LogP contribution is -2.49. The Balaban J connectivity index is 1.41. The van der Waals surface area contributed by atoms with Crippen LogP contribution in [0.15, 0.2) is 47.6 Å². The van der Waals surface area contributed by atoms with E-state index in [-0.39, 0.29) is 0 Å². The van der Waals surface area contributed by atoms with Crippen LogP contribution in [0, 0.1) is 0 Å². The third-order valence-electron chi connectivity index (χ3n) is 5.03. The molecule has 0 unspecified atom stereocenters. The van der Waals surface area contributed by atoms with Gasteiger partial charge in [-0.2, -0.15) is 4.31 Å². The molecule has 2 aliphatic heterocycles. The molecule has 0 bridgehead atoms. The van der Waals surface area contributed by atoms with Gasteiger partial charge in [-0.15, -0.1) is 0 Å². The number of aromatic nitrogens is 2. The maximum absolute atomic E-state index is 12.7. The fraction of sp³-hybridized carbons (Fsp3) is 0.444. The zero-order valence-electron chi connectivity index (χ0n) is 15.2. The van der Waals surface area contributed by atoms with Crippen molar-refractivity contribution in [1.29, 1.82) is 0 Å². The van der Waals surface area contributed by atoms with E-state index in [1.165, 1.54) is 4.31 Å². The quantitative estimate of drug-likeness (QED) is 0.712. The van der Waals surface area contributed by atoms with Crippen LogP contribution in [0.4, 0.5) is 11.6 Å². The van der Waals surface area contributed by atoms with Gasteiger partial charge in [0.05, 0.1) is 19.4 Å². The molecule has 2 N–H and O–H groups in total. The number of pyridine rings is 2. The number of H-pyrrole nitrogens is 2. The van der Waals surface area contributed by atoms with Crippen LogP contribution in [-0.2, 0) is 14.8 Å². The summed E-state index contributed by atoms with van der Waals surface area (Å²) in [7, 11) is -3.46. The highest BCUT2D eigenvalue weighted by Gasteiger charge is 2.30. The van der Waals surface area contributed by atoms with Gasteiger partial charge in [-0.25, -0.2) is 18.4 Å². The van der Waals surface area contributed by atoms with Gasteiger partial charge in [-0.3, -0.25) is 9.80 Å². The first-order valence-electron chi connectivity index (χ1n) is 9.21. The molecule has 2 aromatic heterocycles. The number of aromatic amines is 2. The summed E-state index contributed by atoms with van der Waals surface area (Å²) in [6.45, 7) is 5.26. The minimum Gasteiger partial charge on any atom is -0.379 e. The summed E-state index contributed by atoms with van der Waals surface area (Å²) < 4.78 is 32.1. The Bertz CT molecular complexity index is 846. The molecule has 144 valence electrons. The fourth-order valence-corrected chi connectivity index (χ4v) is 4.84. The van der Waals surface area contributed by atoms with E-state index in [9.17, 15) is 8.42 Å². The number of morpholine rings is 1. The zero-order chi connectivity index (χ0) is 18.7. The highest BCUT2D eigenvalue weighted by atomic mass is 32.2. The topological polar surface area (TPSA) is 81.4 Å². The Morgan fingerprint density at radius 2 is 1.48 bits per heavy atom. The monoisotopic (exact) mass is 391 g/mol. The van der Waals surface area contributed by atoms with Crippen LogP contribution in [-0.4, -0.2) is 65.2 Å². The summed E-state index contributed by atoms with van der Waals surface area (Å²) in [5, 5.41) is 0. The molecule has 0 aliphatic carbocycles. The van der Waals surface area contributed by atoms with Gasteiger partial charge in [-0.1, -0.05) is 6.07 Å². The molecular weight excluding hydrogens is 366 g/mol. The van der Waals surface area contributed by atoms with E-state index in [4.69, 9.17) is 4.74 Å². The second-order valence-electron chi connectivity index (χ2n) is 6.65. The summed E-state index contributed by atoms with van der Waals surface area (Å²) in [6.07, 6.45) is 3.53. The predicted molar refractivity (Wildman–Crippen MR) is 100.0 cm³/mol. The number of piperazine rings is 1. The van der Waals surface area contributed by atoms with E-state index in [1.54, 1.807) is 12.3 Å². The molecular formula is C18H25N5O3S+2. The van der Waals surface area contributed by atoms with Crippen LogP contribution in [0.2, 0.25) is 0 Å². The Labute approximate surface area is 159 Å². The van der Waals surface area contributed by atoms with Gasteiger partial charge >= 0.3 is 0 Å². The van der Waals surface area contributed by atoms with Crippen molar-refractivity contribution in [3.05, 3.63) is 42.7 Å². The number of nitrogens with one attached hydrogen (secondary N) is 2. The lowest BCUT2D eigenvalue weighted by Gasteiger charge is -2.27. The molecule has 4 rings (SSSR count). The third kappa shape index (κ3) is 3.90. The van der Waals surface area contributed by atoms with Crippen LogP contribution < -0.4 is 19.8 Å². The van der Waals surface area contributed by atoms with Crippen LogP contribution in [0.25, 0.3) is 0 Å². The number of sulfonamides is 1. The van der Waals surface area contributed by atoms with Crippen molar-refractivity contribution in [1.82, 2.24) is 4.31 Å². The minimum atomic E-state index is -3.46. The average Bonchev–Trinajstić information content (AvgIpc) is 2.75. The molecule has 27 heavy (non-hydrogen) atoms. The van der Waals surface area contributed by atoms with Crippen LogP contribution >= 0.6 is 0 Å². The summed E-state index contributed by atoms with van der Waals surface area (Å²) >= 11 is 0. The average molecular weight is 391 g/mol. The van der Waals surface area contributed by atoms with Gasteiger partial charge in [0.15, 0.2) is 0 Å². The number of ether oxygens (including phenoxy) is 1. The molecule has 4 heterocycles. The smallest absolute Gasteiger partial charge is 0.274 e. The Hall–Kier alpha value is -2.23. The maximum Gasteiger partial charge on any atom is 0.274 e. The Kier molecular flexibility index (Phi) is 5.24. The van der Waals surface area contributed by atoms with E-state index in [0.29, 0.717) is 31.2 Å². The molecule has 2 aliphatic rings. The summed E-state index contributed by atoms with van der Waals surface area (Å²) in [6, 6.07) is 9.62. The minimum absolute atomic E-state index is 0.297. The molecule has 0 spiro atoms. The maximum atomic E-state index is 12.7. The molecule has 2 saturated heterocycles. The molecule has 8 nitrogen and oxygen atoms in total. The second kappa shape index (κ2) is 7.79. The van der Waals surface area contributed by atoms with E-state index in [0.717, 1.165) is 37.8 Å². The van der Waals surface area contributed by atoms with E-state index in [1.807, 2.05) is 24.4 Å². The molecule has 0 amide bonds.